The van der Waals surface area contributed by atoms with E-state index >= 15 is 0 Å². The average Bonchev–Trinajstić information content (AvgIpc) is 1.85. The van der Waals surface area contributed by atoms with E-state index in [9.17, 15) is 4.79 Å². The van der Waals surface area contributed by atoms with Gasteiger partial charge in [-0.3, -0.25) is 4.79 Å². The van der Waals surface area contributed by atoms with E-state index in [1.807, 2.05) is 24.3 Å². The number of allylic oxidation sites excluding steroid dienone is 2. The number of carbonyl (C=O) groups excluding carboxylic acids is 1. The van der Waals surface area contributed by atoms with Crippen LogP contribution in [0.25, 0.3) is 0 Å². The summed E-state index contributed by atoms with van der Waals surface area (Å²) in [5.74, 6) is -0.237. The summed E-state index contributed by atoms with van der Waals surface area (Å²) in [4.78, 5) is 10.6. The fraction of sp³-hybridized carbons (Fsp3) is 0.375. The standard InChI is InChI=1S/C8H9IO2/c1-7(10)11-8(9)5-3-2-4-6-8/h2-5H,6H2,1H3/t8-/m1/s1. The summed E-state index contributed by atoms with van der Waals surface area (Å²) in [6.45, 7) is 1.42. The van der Waals surface area contributed by atoms with E-state index in [0.717, 1.165) is 6.42 Å². The molecule has 0 saturated heterocycles. The van der Waals surface area contributed by atoms with Crippen LogP contribution in [-0.2, 0) is 9.53 Å². The normalized spacial score (nSPS) is 28.5. The molecule has 60 valence electrons. The molecular weight excluding hydrogens is 255 g/mol. The van der Waals surface area contributed by atoms with E-state index in [4.69, 9.17) is 4.74 Å². The quantitative estimate of drug-likeness (QED) is 0.412. The van der Waals surface area contributed by atoms with Crippen molar-refractivity contribution in [3.05, 3.63) is 24.3 Å². The summed E-state index contributed by atoms with van der Waals surface area (Å²) < 4.78 is 4.64. The summed E-state index contributed by atoms with van der Waals surface area (Å²) in [7, 11) is 0. The van der Waals surface area contributed by atoms with Gasteiger partial charge in [-0.05, 0) is 28.7 Å². The molecule has 0 amide bonds. The van der Waals surface area contributed by atoms with Gasteiger partial charge in [0, 0.05) is 13.3 Å². The number of esters is 1. The molecule has 0 unspecified atom stereocenters. The van der Waals surface area contributed by atoms with Crippen LogP contribution in [0.1, 0.15) is 13.3 Å². The van der Waals surface area contributed by atoms with Gasteiger partial charge in [0.2, 0.25) is 0 Å². The second-order valence-electron chi connectivity index (χ2n) is 2.37. The Labute approximate surface area is 79.4 Å². The lowest BCUT2D eigenvalue weighted by molar-refractivity contribution is -0.144. The topological polar surface area (TPSA) is 26.3 Å². The van der Waals surface area contributed by atoms with E-state index in [1.165, 1.54) is 6.92 Å². The molecule has 3 heteroatoms. The Morgan fingerprint density at radius 2 is 2.36 bits per heavy atom. The number of hydrogen-bond donors (Lipinski definition) is 0. The molecule has 0 fully saturated rings. The van der Waals surface area contributed by atoms with Gasteiger partial charge in [-0.15, -0.1) is 0 Å². The van der Waals surface area contributed by atoms with Gasteiger partial charge in [0.15, 0.2) is 3.61 Å². The molecule has 11 heavy (non-hydrogen) atoms. The second-order valence-corrected chi connectivity index (χ2v) is 4.20. The minimum atomic E-state index is -0.446. The predicted octanol–water partition coefficient (Wildman–Crippen LogP) is 2.20. The van der Waals surface area contributed by atoms with Crippen LogP contribution in [0.3, 0.4) is 0 Å². The van der Waals surface area contributed by atoms with Crippen molar-refractivity contribution < 1.29 is 9.53 Å². The molecule has 0 aromatic carbocycles. The monoisotopic (exact) mass is 264 g/mol. The molecular formula is C8H9IO2. The van der Waals surface area contributed by atoms with Crippen molar-refractivity contribution in [1.82, 2.24) is 0 Å². The largest absolute Gasteiger partial charge is 0.444 e. The van der Waals surface area contributed by atoms with Gasteiger partial charge in [-0.1, -0.05) is 18.2 Å². The third-order valence-corrected chi connectivity index (χ3v) is 2.32. The summed E-state index contributed by atoms with van der Waals surface area (Å²) >= 11 is 2.12. The first kappa shape index (κ1) is 8.77. The summed E-state index contributed by atoms with van der Waals surface area (Å²) in [6, 6.07) is 0. The lowest BCUT2D eigenvalue weighted by Crippen LogP contribution is -2.24. The van der Waals surface area contributed by atoms with E-state index in [1.54, 1.807) is 0 Å². The first-order valence-corrected chi connectivity index (χ1v) is 4.43. The van der Waals surface area contributed by atoms with Crippen LogP contribution in [0.5, 0.6) is 0 Å². The molecule has 0 aromatic rings. The van der Waals surface area contributed by atoms with Gasteiger partial charge in [0.25, 0.3) is 0 Å². The molecule has 2 nitrogen and oxygen atoms in total. The van der Waals surface area contributed by atoms with Gasteiger partial charge in [-0.25, -0.2) is 0 Å². The Morgan fingerprint density at radius 3 is 2.82 bits per heavy atom. The molecule has 0 radical (unpaired) electrons. The van der Waals surface area contributed by atoms with Crippen molar-refractivity contribution in [2.45, 2.75) is 17.0 Å². The van der Waals surface area contributed by atoms with Crippen molar-refractivity contribution in [2.75, 3.05) is 0 Å². The molecule has 0 spiro atoms. The van der Waals surface area contributed by atoms with Crippen LogP contribution in [0.15, 0.2) is 24.3 Å². The minimum absolute atomic E-state index is 0.237. The molecule has 1 aliphatic carbocycles. The fourth-order valence-corrected chi connectivity index (χ4v) is 1.66. The maximum absolute atomic E-state index is 10.6. The SMILES string of the molecule is CC(=O)O[C@]1(I)C=CC=CC1. The van der Waals surface area contributed by atoms with Crippen molar-refractivity contribution in [2.24, 2.45) is 0 Å². The van der Waals surface area contributed by atoms with Gasteiger partial charge >= 0.3 is 5.97 Å². The first-order valence-electron chi connectivity index (χ1n) is 3.35. The zero-order valence-corrected chi connectivity index (χ0v) is 8.37. The highest BCUT2D eigenvalue weighted by molar-refractivity contribution is 14.1. The summed E-state index contributed by atoms with van der Waals surface area (Å²) in [6.07, 6.45) is 8.45. The molecule has 0 N–H and O–H groups in total. The zero-order chi connectivity index (χ0) is 8.32. The van der Waals surface area contributed by atoms with E-state index in [2.05, 4.69) is 22.6 Å². The van der Waals surface area contributed by atoms with Crippen molar-refractivity contribution in [1.29, 1.82) is 0 Å². The molecule has 0 bridgehead atoms. The summed E-state index contributed by atoms with van der Waals surface area (Å²) in [5.41, 5.74) is 0. The fourth-order valence-electron chi connectivity index (χ4n) is 0.889. The van der Waals surface area contributed by atoms with Gasteiger partial charge in [0.1, 0.15) is 0 Å². The maximum atomic E-state index is 10.6. The smallest absolute Gasteiger partial charge is 0.304 e. The highest BCUT2D eigenvalue weighted by Crippen LogP contribution is 2.29. The second kappa shape index (κ2) is 3.38. The van der Waals surface area contributed by atoms with E-state index < -0.39 is 3.61 Å². The van der Waals surface area contributed by atoms with Crippen molar-refractivity contribution >= 4 is 28.6 Å². The van der Waals surface area contributed by atoms with Crippen LogP contribution in [0.4, 0.5) is 0 Å². The van der Waals surface area contributed by atoms with Crippen LogP contribution in [0.2, 0.25) is 0 Å². The Kier molecular flexibility index (Phi) is 2.70. The van der Waals surface area contributed by atoms with Gasteiger partial charge in [0.05, 0.1) is 0 Å². The molecule has 1 aliphatic rings. The third-order valence-electron chi connectivity index (χ3n) is 1.30. The maximum Gasteiger partial charge on any atom is 0.304 e. The van der Waals surface area contributed by atoms with Gasteiger partial charge in [-0.2, -0.15) is 0 Å². The predicted molar refractivity (Wildman–Crippen MR) is 51.4 cm³/mol. The molecule has 1 atom stereocenters. The third kappa shape index (κ3) is 2.65. The Balaban J connectivity index is 2.61. The number of halogens is 1. The average molecular weight is 264 g/mol. The highest BCUT2D eigenvalue weighted by atomic mass is 127. The number of rotatable bonds is 1. The van der Waals surface area contributed by atoms with Crippen LogP contribution in [0, 0.1) is 0 Å². The van der Waals surface area contributed by atoms with Crippen molar-refractivity contribution in [3.8, 4) is 0 Å². The molecule has 0 aromatic heterocycles. The van der Waals surface area contributed by atoms with Crippen LogP contribution >= 0.6 is 22.6 Å². The van der Waals surface area contributed by atoms with Crippen molar-refractivity contribution in [3.63, 3.8) is 0 Å². The number of carbonyl (C=O) groups is 1. The number of ether oxygens (including phenoxy) is 1. The molecule has 1 rings (SSSR count). The number of alkyl halides is 1. The molecule has 0 heterocycles. The van der Waals surface area contributed by atoms with Gasteiger partial charge < -0.3 is 4.74 Å². The summed E-state index contributed by atoms with van der Waals surface area (Å²) in [5, 5.41) is 0. The van der Waals surface area contributed by atoms with Crippen LogP contribution in [-0.4, -0.2) is 9.58 Å². The number of hydrogen-bond acceptors (Lipinski definition) is 2. The molecule has 0 saturated carbocycles. The van der Waals surface area contributed by atoms with E-state index in [-0.39, 0.29) is 5.97 Å². The Morgan fingerprint density at radius 1 is 1.64 bits per heavy atom. The highest BCUT2D eigenvalue weighted by Gasteiger charge is 2.25. The van der Waals surface area contributed by atoms with Crippen LogP contribution < -0.4 is 0 Å². The lowest BCUT2D eigenvalue weighted by Gasteiger charge is -2.23. The van der Waals surface area contributed by atoms with E-state index in [0.29, 0.717) is 0 Å². The lowest BCUT2D eigenvalue weighted by atomic mass is 10.1. The zero-order valence-electron chi connectivity index (χ0n) is 6.21. The molecule has 0 aliphatic heterocycles. The Bertz CT molecular complexity index is 220. The first-order chi connectivity index (χ1) is 5.12. The minimum Gasteiger partial charge on any atom is -0.444 e. The Hall–Kier alpha value is -0.320.